The van der Waals surface area contributed by atoms with Crippen LogP contribution in [0.15, 0.2) is 30.5 Å². The molecule has 1 aromatic carbocycles. The van der Waals surface area contributed by atoms with Crippen molar-refractivity contribution in [2.75, 3.05) is 6.61 Å². The van der Waals surface area contributed by atoms with Gasteiger partial charge in [0.1, 0.15) is 6.54 Å². The summed E-state index contributed by atoms with van der Waals surface area (Å²) in [6.45, 7) is 1.86. The molecule has 1 N–H and O–H groups in total. The second kappa shape index (κ2) is 8.20. The first kappa shape index (κ1) is 18.9. The number of carbonyl (C=O) groups is 2. The molecule has 1 aromatic heterocycles. The van der Waals surface area contributed by atoms with Gasteiger partial charge in [-0.1, -0.05) is 6.92 Å². The first-order valence-corrected chi connectivity index (χ1v) is 9.10. The molecule has 1 fully saturated rings. The Kier molecular flexibility index (Phi) is 5.73. The summed E-state index contributed by atoms with van der Waals surface area (Å²) in [5.41, 5.74) is 0.690. The highest BCUT2D eigenvalue weighted by atomic mass is 16.6. The van der Waals surface area contributed by atoms with Crippen LogP contribution in [0, 0.1) is 16.0 Å². The number of rotatable bonds is 6. The number of fused-ring (bicyclic) bond motifs is 1. The topological polar surface area (TPSA) is 103 Å². The van der Waals surface area contributed by atoms with Crippen LogP contribution in [-0.2, 0) is 20.9 Å². The zero-order valence-corrected chi connectivity index (χ0v) is 15.2. The molecule has 0 unspecified atom stereocenters. The van der Waals surface area contributed by atoms with Crippen LogP contribution in [-0.4, -0.2) is 34.0 Å². The van der Waals surface area contributed by atoms with E-state index in [0.717, 1.165) is 25.7 Å². The van der Waals surface area contributed by atoms with Crippen molar-refractivity contribution in [2.45, 2.75) is 45.2 Å². The fraction of sp³-hybridized carbons (Fsp3) is 0.474. The van der Waals surface area contributed by atoms with Crippen LogP contribution in [0.2, 0.25) is 0 Å². The maximum Gasteiger partial charge on any atom is 0.326 e. The normalized spacial score (nSPS) is 19.6. The number of nitrogens with zero attached hydrogens (tertiary/aromatic N) is 2. The molecule has 1 aliphatic carbocycles. The predicted molar refractivity (Wildman–Crippen MR) is 99.1 cm³/mol. The molecule has 8 heteroatoms. The molecule has 1 heterocycles. The van der Waals surface area contributed by atoms with E-state index in [9.17, 15) is 19.7 Å². The van der Waals surface area contributed by atoms with Gasteiger partial charge in [-0.25, -0.2) is 0 Å². The number of aromatic nitrogens is 1. The number of non-ortho nitro benzene ring substituents is 1. The van der Waals surface area contributed by atoms with Gasteiger partial charge in [0.25, 0.3) is 11.6 Å². The average Bonchev–Trinajstić information content (AvgIpc) is 3.04. The van der Waals surface area contributed by atoms with E-state index < -0.39 is 10.9 Å². The minimum Gasteiger partial charge on any atom is -0.454 e. The molecule has 144 valence electrons. The van der Waals surface area contributed by atoms with E-state index in [0.29, 0.717) is 16.8 Å². The van der Waals surface area contributed by atoms with Crippen LogP contribution >= 0.6 is 0 Å². The van der Waals surface area contributed by atoms with Crippen molar-refractivity contribution < 1.29 is 19.2 Å². The summed E-state index contributed by atoms with van der Waals surface area (Å²) in [7, 11) is 0. The van der Waals surface area contributed by atoms with Crippen LogP contribution < -0.4 is 5.32 Å². The number of carbonyl (C=O) groups excluding carboxylic acids is 2. The van der Waals surface area contributed by atoms with Gasteiger partial charge in [0.2, 0.25) is 0 Å². The van der Waals surface area contributed by atoms with Crippen LogP contribution in [0.1, 0.15) is 32.6 Å². The molecule has 0 saturated heterocycles. The van der Waals surface area contributed by atoms with Gasteiger partial charge in [0.15, 0.2) is 6.61 Å². The first-order chi connectivity index (χ1) is 12.9. The number of benzene rings is 1. The van der Waals surface area contributed by atoms with Gasteiger partial charge in [-0.15, -0.1) is 0 Å². The molecule has 0 radical (unpaired) electrons. The van der Waals surface area contributed by atoms with Crippen molar-refractivity contribution in [2.24, 2.45) is 5.92 Å². The number of nitro benzene ring substituents is 1. The highest BCUT2D eigenvalue weighted by Gasteiger charge is 2.20. The Hall–Kier alpha value is -2.90. The highest BCUT2D eigenvalue weighted by Crippen LogP contribution is 2.23. The zero-order chi connectivity index (χ0) is 19.4. The maximum atomic E-state index is 12.0. The van der Waals surface area contributed by atoms with E-state index in [1.54, 1.807) is 22.9 Å². The van der Waals surface area contributed by atoms with Crippen molar-refractivity contribution in [3.63, 3.8) is 0 Å². The summed E-state index contributed by atoms with van der Waals surface area (Å²) in [6.07, 6.45) is 5.79. The van der Waals surface area contributed by atoms with Gasteiger partial charge in [-0.3, -0.25) is 19.7 Å². The Labute approximate surface area is 156 Å². The van der Waals surface area contributed by atoms with Gasteiger partial charge < -0.3 is 14.6 Å². The van der Waals surface area contributed by atoms with Gasteiger partial charge in [-0.05, 0) is 43.7 Å². The zero-order valence-electron chi connectivity index (χ0n) is 15.2. The van der Waals surface area contributed by atoms with Crippen molar-refractivity contribution in [1.82, 2.24) is 9.88 Å². The molecule has 0 aliphatic heterocycles. The third-order valence-corrected chi connectivity index (χ3v) is 5.01. The van der Waals surface area contributed by atoms with Crippen LogP contribution in [0.25, 0.3) is 10.9 Å². The number of amides is 1. The van der Waals surface area contributed by atoms with E-state index in [2.05, 4.69) is 12.2 Å². The Morgan fingerprint density at radius 2 is 2.00 bits per heavy atom. The summed E-state index contributed by atoms with van der Waals surface area (Å²) in [5, 5.41) is 14.4. The molecule has 2 aromatic rings. The van der Waals surface area contributed by atoms with Gasteiger partial charge in [0.05, 0.1) is 4.92 Å². The number of hydrogen-bond donors (Lipinski definition) is 1. The molecule has 3 rings (SSSR count). The summed E-state index contributed by atoms with van der Waals surface area (Å²) in [5.74, 6) is -0.108. The van der Waals surface area contributed by atoms with E-state index in [-0.39, 0.29) is 30.8 Å². The first-order valence-electron chi connectivity index (χ1n) is 9.10. The third kappa shape index (κ3) is 4.84. The quantitative estimate of drug-likeness (QED) is 0.476. The number of nitrogens with one attached hydrogen (secondary N) is 1. The second-order valence-corrected chi connectivity index (χ2v) is 7.13. The summed E-state index contributed by atoms with van der Waals surface area (Å²) >= 11 is 0. The number of esters is 1. The lowest BCUT2D eigenvalue weighted by molar-refractivity contribution is -0.384. The van der Waals surface area contributed by atoms with Crippen LogP contribution in [0.3, 0.4) is 0 Å². The minimum absolute atomic E-state index is 0.00314. The summed E-state index contributed by atoms with van der Waals surface area (Å²) in [4.78, 5) is 34.4. The van der Waals surface area contributed by atoms with E-state index >= 15 is 0 Å². The Morgan fingerprint density at radius 1 is 1.26 bits per heavy atom. The fourth-order valence-corrected chi connectivity index (χ4v) is 3.44. The van der Waals surface area contributed by atoms with Crippen molar-refractivity contribution in [3.8, 4) is 0 Å². The molecule has 1 amide bonds. The van der Waals surface area contributed by atoms with Gasteiger partial charge in [0, 0.05) is 35.3 Å². The molecular formula is C19H23N3O5. The van der Waals surface area contributed by atoms with Crippen LogP contribution in [0.5, 0.6) is 0 Å². The number of nitro groups is 1. The Morgan fingerprint density at radius 3 is 2.70 bits per heavy atom. The molecule has 0 atom stereocenters. The summed E-state index contributed by atoms with van der Waals surface area (Å²) < 4.78 is 6.71. The number of ether oxygens (including phenoxy) is 1. The van der Waals surface area contributed by atoms with Gasteiger partial charge >= 0.3 is 5.97 Å². The van der Waals surface area contributed by atoms with Crippen LogP contribution in [0.4, 0.5) is 5.69 Å². The third-order valence-electron chi connectivity index (χ3n) is 5.01. The molecule has 0 spiro atoms. The highest BCUT2D eigenvalue weighted by molar-refractivity contribution is 5.85. The second-order valence-electron chi connectivity index (χ2n) is 7.13. The van der Waals surface area contributed by atoms with E-state index in [1.165, 1.54) is 12.1 Å². The summed E-state index contributed by atoms with van der Waals surface area (Å²) in [6, 6.07) is 6.30. The molecule has 27 heavy (non-hydrogen) atoms. The Balaban J connectivity index is 1.50. The molecule has 0 bridgehead atoms. The molecular weight excluding hydrogens is 350 g/mol. The fourth-order valence-electron chi connectivity index (χ4n) is 3.44. The van der Waals surface area contributed by atoms with E-state index in [4.69, 9.17) is 4.74 Å². The SMILES string of the molecule is CC1CCC(NC(=O)COC(=O)Cn2ccc3cc([N+](=O)[O-])ccc32)CC1. The average molecular weight is 373 g/mol. The van der Waals surface area contributed by atoms with Crippen molar-refractivity contribution >= 4 is 28.5 Å². The molecule has 8 nitrogen and oxygen atoms in total. The lowest BCUT2D eigenvalue weighted by atomic mass is 9.87. The largest absolute Gasteiger partial charge is 0.454 e. The maximum absolute atomic E-state index is 12.0. The standard InChI is InChI=1S/C19H23N3O5/c1-13-2-4-15(5-3-13)20-18(23)12-27-19(24)11-21-9-8-14-10-16(22(25)26)6-7-17(14)21/h6-10,13,15H,2-5,11-12H2,1H3,(H,20,23). The lowest BCUT2D eigenvalue weighted by Gasteiger charge is -2.26. The Bertz CT molecular complexity index is 852. The minimum atomic E-state index is -0.529. The monoisotopic (exact) mass is 373 g/mol. The smallest absolute Gasteiger partial charge is 0.326 e. The predicted octanol–water partition coefficient (Wildman–Crippen LogP) is 2.79. The lowest BCUT2D eigenvalue weighted by Crippen LogP contribution is -2.39. The van der Waals surface area contributed by atoms with Gasteiger partial charge in [-0.2, -0.15) is 0 Å². The molecule has 1 aliphatic rings. The van der Waals surface area contributed by atoms with E-state index in [1.807, 2.05) is 0 Å². The molecule has 1 saturated carbocycles. The van der Waals surface area contributed by atoms with Crippen molar-refractivity contribution in [1.29, 1.82) is 0 Å². The van der Waals surface area contributed by atoms with Crippen molar-refractivity contribution in [3.05, 3.63) is 40.6 Å². The number of hydrogen-bond acceptors (Lipinski definition) is 5.